The van der Waals surface area contributed by atoms with Gasteiger partial charge in [-0.15, -0.1) is 0 Å². The summed E-state index contributed by atoms with van der Waals surface area (Å²) in [6.07, 6.45) is -0.963. The maximum atomic E-state index is 10.4. The summed E-state index contributed by atoms with van der Waals surface area (Å²) in [5.74, 6) is -0.731. The molecular weight excluding hydrogens is 294 g/mol. The summed E-state index contributed by atoms with van der Waals surface area (Å²) < 4.78 is 5.98. The van der Waals surface area contributed by atoms with Crippen molar-refractivity contribution in [3.05, 3.63) is 28.8 Å². The Labute approximate surface area is 131 Å². The molecule has 0 saturated carbocycles. The number of carbonyl (C=O) groups excluding carboxylic acids is 1. The van der Waals surface area contributed by atoms with E-state index in [1.54, 1.807) is 25.1 Å². The van der Waals surface area contributed by atoms with Crippen LogP contribution < -0.4 is 9.84 Å². The first-order chi connectivity index (χ1) is 9.56. The molecule has 0 radical (unpaired) electrons. The first kappa shape index (κ1) is 19.7. The third-order valence-corrected chi connectivity index (χ3v) is 2.78. The molecule has 1 atom stereocenters. The zero-order chi connectivity index (χ0) is 16.6. The lowest BCUT2D eigenvalue weighted by molar-refractivity contribution is -0.870. The maximum Gasteiger partial charge on any atom is 0.135 e. The summed E-state index contributed by atoms with van der Waals surface area (Å²) in [6, 6.07) is 4.99. The van der Waals surface area contributed by atoms with Crippen LogP contribution in [0.3, 0.4) is 0 Å². The molecule has 5 nitrogen and oxygen atoms in total. The molecule has 1 aromatic rings. The van der Waals surface area contributed by atoms with Gasteiger partial charge in [0.1, 0.15) is 18.4 Å². The zero-order valence-electron chi connectivity index (χ0n) is 13.2. The van der Waals surface area contributed by atoms with Crippen LogP contribution in [0.4, 0.5) is 0 Å². The van der Waals surface area contributed by atoms with Gasteiger partial charge >= 0.3 is 0 Å². The molecule has 0 bridgehead atoms. The highest BCUT2D eigenvalue weighted by Crippen LogP contribution is 2.22. The number of likely N-dealkylation sites (N-methyl/N-ethyl adjacent to an activating group) is 1. The Morgan fingerprint density at radius 3 is 2.33 bits per heavy atom. The third kappa shape index (κ3) is 9.28. The number of carboxylic acids is 1. The molecule has 120 valence electrons. The van der Waals surface area contributed by atoms with Crippen LogP contribution in [0.25, 0.3) is 0 Å². The Hall–Kier alpha value is -1.30. The maximum absolute atomic E-state index is 10.4. The molecule has 1 rings (SSSR count). The zero-order valence-corrected chi connectivity index (χ0v) is 14.0. The lowest BCUT2D eigenvalue weighted by Gasteiger charge is -2.21. The topological polar surface area (TPSA) is 69.6 Å². The van der Waals surface area contributed by atoms with Crippen molar-refractivity contribution in [2.24, 2.45) is 0 Å². The fourth-order valence-electron chi connectivity index (χ4n) is 1.28. The minimum Gasteiger partial charge on any atom is -0.546 e. The lowest BCUT2D eigenvalue weighted by atomic mass is 10.2. The number of benzene rings is 1. The fourth-order valence-corrected chi connectivity index (χ4v) is 1.51. The van der Waals surface area contributed by atoms with Gasteiger partial charge in [0.15, 0.2) is 0 Å². The van der Waals surface area contributed by atoms with Gasteiger partial charge in [0, 0.05) is 5.02 Å². The second-order valence-electron chi connectivity index (χ2n) is 5.73. The van der Waals surface area contributed by atoms with Crippen molar-refractivity contribution in [3.63, 3.8) is 0 Å². The molecule has 1 N–H and O–H groups in total. The number of halogens is 1. The Kier molecular flexibility index (Phi) is 8.32. The van der Waals surface area contributed by atoms with Crippen molar-refractivity contribution < 1.29 is 24.2 Å². The van der Waals surface area contributed by atoms with Crippen molar-refractivity contribution in [3.8, 4) is 5.75 Å². The molecule has 0 unspecified atom stereocenters. The van der Waals surface area contributed by atoms with E-state index in [2.05, 4.69) is 21.1 Å². The molecule has 0 heterocycles. The van der Waals surface area contributed by atoms with Crippen LogP contribution in [0.5, 0.6) is 5.75 Å². The molecule has 0 spiro atoms. The van der Waals surface area contributed by atoms with Gasteiger partial charge in [0.25, 0.3) is 0 Å². The molecule has 21 heavy (non-hydrogen) atoms. The van der Waals surface area contributed by atoms with E-state index in [4.69, 9.17) is 21.4 Å². The van der Waals surface area contributed by atoms with E-state index in [-0.39, 0.29) is 6.61 Å². The Balaban J connectivity index is 0.000000486. The molecule has 0 fully saturated rings. The highest BCUT2D eigenvalue weighted by atomic mass is 35.5. The molecule has 0 amide bonds. The van der Waals surface area contributed by atoms with Crippen molar-refractivity contribution in [2.45, 2.75) is 20.0 Å². The summed E-state index contributed by atoms with van der Waals surface area (Å²) in [5, 5.41) is 19.4. The SMILES string of the molecule is C[N+](C)(C)CCO.Cc1cc(Cl)ccc1O[C@H](C)C(=O)[O-]. The number of aryl methyl sites for hydroxylation is 1. The molecule has 0 aromatic heterocycles. The number of hydrogen-bond acceptors (Lipinski definition) is 4. The van der Waals surface area contributed by atoms with Gasteiger partial charge in [-0.05, 0) is 37.6 Å². The van der Waals surface area contributed by atoms with E-state index in [9.17, 15) is 9.90 Å². The molecule has 0 aliphatic rings. The molecule has 1 aromatic carbocycles. The number of ether oxygens (including phenoxy) is 1. The van der Waals surface area contributed by atoms with Crippen molar-refractivity contribution in [2.75, 3.05) is 34.3 Å². The number of carbonyl (C=O) groups is 1. The van der Waals surface area contributed by atoms with Crippen molar-refractivity contribution in [1.29, 1.82) is 0 Å². The monoisotopic (exact) mass is 317 g/mol. The normalized spacial score (nSPS) is 12.1. The Morgan fingerprint density at radius 1 is 1.43 bits per heavy atom. The van der Waals surface area contributed by atoms with E-state index >= 15 is 0 Å². The van der Waals surface area contributed by atoms with Crippen molar-refractivity contribution >= 4 is 17.6 Å². The van der Waals surface area contributed by atoms with E-state index in [0.717, 1.165) is 16.6 Å². The van der Waals surface area contributed by atoms with Crippen LogP contribution in [0.15, 0.2) is 18.2 Å². The van der Waals surface area contributed by atoms with Gasteiger partial charge < -0.3 is 24.2 Å². The molecule has 0 aliphatic carbocycles. The summed E-state index contributed by atoms with van der Waals surface area (Å²) in [4.78, 5) is 10.4. The van der Waals surface area contributed by atoms with E-state index in [1.165, 1.54) is 6.92 Å². The average molecular weight is 318 g/mol. The largest absolute Gasteiger partial charge is 0.546 e. The number of quaternary nitrogens is 1. The highest BCUT2D eigenvalue weighted by molar-refractivity contribution is 6.30. The third-order valence-electron chi connectivity index (χ3n) is 2.54. The first-order valence-corrected chi connectivity index (χ1v) is 6.99. The van der Waals surface area contributed by atoms with Crippen LogP contribution in [0, 0.1) is 6.92 Å². The standard InChI is InChI=1S/C10H11ClO3.C5H14NO/c1-6-5-8(11)3-4-9(6)14-7(2)10(12)13;1-6(2,3)4-5-7/h3-5,7H,1-2H3,(H,12,13);7H,4-5H2,1-3H3/q;+1/p-1/t7-;/m1./s1. The van der Waals surface area contributed by atoms with Crippen LogP contribution in [0.2, 0.25) is 5.02 Å². The van der Waals surface area contributed by atoms with Gasteiger partial charge in [-0.2, -0.15) is 0 Å². The minimum atomic E-state index is -1.24. The van der Waals surface area contributed by atoms with Crippen LogP contribution in [-0.4, -0.2) is 56.0 Å². The Bertz CT molecular complexity index is 457. The van der Waals surface area contributed by atoms with Gasteiger partial charge in [-0.1, -0.05) is 11.6 Å². The number of hydrogen-bond donors (Lipinski definition) is 1. The average Bonchev–Trinajstić information content (AvgIpc) is 2.31. The van der Waals surface area contributed by atoms with Gasteiger partial charge in [0.2, 0.25) is 0 Å². The van der Waals surface area contributed by atoms with Crippen LogP contribution in [-0.2, 0) is 4.79 Å². The number of nitrogens with zero attached hydrogens (tertiary/aromatic N) is 1. The van der Waals surface area contributed by atoms with E-state index in [1.807, 2.05) is 0 Å². The van der Waals surface area contributed by atoms with Crippen LogP contribution in [0.1, 0.15) is 12.5 Å². The summed E-state index contributed by atoms with van der Waals surface area (Å²) in [7, 11) is 6.16. The lowest BCUT2D eigenvalue weighted by Crippen LogP contribution is -2.37. The number of carboxylic acid groups (broad SMARTS) is 1. The number of aliphatic carboxylic acids is 1. The minimum absolute atomic E-state index is 0.281. The molecule has 6 heteroatoms. The van der Waals surface area contributed by atoms with Crippen molar-refractivity contribution in [1.82, 2.24) is 0 Å². The van der Waals surface area contributed by atoms with E-state index in [0.29, 0.717) is 10.8 Å². The smallest absolute Gasteiger partial charge is 0.135 e. The first-order valence-electron chi connectivity index (χ1n) is 6.62. The van der Waals surface area contributed by atoms with Gasteiger partial charge in [-0.3, -0.25) is 0 Å². The number of aliphatic hydroxyl groups is 1. The second kappa shape index (κ2) is 8.87. The van der Waals surface area contributed by atoms with Gasteiger partial charge in [-0.25, -0.2) is 0 Å². The highest BCUT2D eigenvalue weighted by Gasteiger charge is 2.06. The number of aliphatic hydroxyl groups excluding tert-OH is 1. The van der Waals surface area contributed by atoms with Gasteiger partial charge in [0.05, 0.1) is 33.7 Å². The summed E-state index contributed by atoms with van der Waals surface area (Å²) in [6.45, 7) is 4.33. The molecule has 0 aliphatic heterocycles. The summed E-state index contributed by atoms with van der Waals surface area (Å²) >= 11 is 5.73. The van der Waals surface area contributed by atoms with Crippen LogP contribution >= 0.6 is 11.6 Å². The fraction of sp³-hybridized carbons (Fsp3) is 0.533. The Morgan fingerprint density at radius 2 is 2.00 bits per heavy atom. The predicted molar refractivity (Wildman–Crippen MR) is 81.3 cm³/mol. The number of rotatable bonds is 5. The molecule has 0 saturated heterocycles. The second-order valence-corrected chi connectivity index (χ2v) is 6.16. The summed E-state index contributed by atoms with van der Waals surface area (Å²) in [5.41, 5.74) is 0.797. The quantitative estimate of drug-likeness (QED) is 0.817. The van der Waals surface area contributed by atoms with E-state index < -0.39 is 12.1 Å². The predicted octanol–water partition coefficient (Wildman–Crippen LogP) is 0.851. The molecular formula is C15H24ClNO4.